The molecule has 0 saturated heterocycles. The molecule has 0 aliphatic heterocycles. The normalized spacial score (nSPS) is 10.4. The summed E-state index contributed by atoms with van der Waals surface area (Å²) in [6.07, 6.45) is 1.48. The van der Waals surface area contributed by atoms with Gasteiger partial charge in [-0.05, 0) is 31.2 Å². The number of amides is 1. The van der Waals surface area contributed by atoms with Crippen molar-refractivity contribution in [2.45, 2.75) is 13.5 Å². The zero-order valence-electron chi connectivity index (χ0n) is 14.5. The Balaban J connectivity index is 1.70. The maximum absolute atomic E-state index is 12.1. The highest BCUT2D eigenvalue weighted by atomic mass is 16.5. The third-order valence-electron chi connectivity index (χ3n) is 3.77. The molecule has 0 atom stereocenters. The molecule has 1 aromatic heterocycles. The Morgan fingerprint density at radius 2 is 1.81 bits per heavy atom. The van der Waals surface area contributed by atoms with Crippen LogP contribution in [0.2, 0.25) is 0 Å². The van der Waals surface area contributed by atoms with Gasteiger partial charge in [-0.15, -0.1) is 0 Å². The van der Waals surface area contributed by atoms with E-state index >= 15 is 0 Å². The van der Waals surface area contributed by atoms with Gasteiger partial charge in [0.2, 0.25) is 5.91 Å². The number of nitrogens with one attached hydrogen (secondary N) is 1. The summed E-state index contributed by atoms with van der Waals surface area (Å²) >= 11 is 0. The number of anilines is 1. The van der Waals surface area contributed by atoms with Crippen LogP contribution in [-0.2, 0) is 11.3 Å². The molecule has 2 aromatic carbocycles. The Kier molecular flexibility index (Phi) is 5.07. The number of benzene rings is 2. The molecule has 26 heavy (non-hydrogen) atoms. The molecular weight excluding hydrogens is 332 g/mol. The largest absolute Gasteiger partial charge is 0.497 e. The average molecular weight is 350 g/mol. The van der Waals surface area contributed by atoms with Crippen molar-refractivity contribution in [3.63, 3.8) is 0 Å². The molecule has 0 saturated carbocycles. The van der Waals surface area contributed by atoms with Crippen LogP contribution in [0.15, 0.2) is 59.5 Å². The van der Waals surface area contributed by atoms with Crippen LogP contribution in [0.3, 0.4) is 0 Å². The summed E-state index contributed by atoms with van der Waals surface area (Å²) in [6.45, 7) is 1.76. The molecule has 1 heterocycles. The SMILES string of the molecule is COc1ccc(NC(=O)Cn2ncc(-c3ccc(C)cc3)nc2=O)cc1. The molecule has 3 rings (SSSR count). The summed E-state index contributed by atoms with van der Waals surface area (Å²) in [7, 11) is 1.57. The van der Waals surface area contributed by atoms with Gasteiger partial charge in [0.05, 0.1) is 19.0 Å². The van der Waals surface area contributed by atoms with Crippen molar-refractivity contribution in [3.05, 3.63) is 70.8 Å². The highest BCUT2D eigenvalue weighted by Crippen LogP contribution is 2.16. The molecule has 0 aliphatic rings. The predicted molar refractivity (Wildman–Crippen MR) is 98.1 cm³/mol. The summed E-state index contributed by atoms with van der Waals surface area (Å²) in [5.41, 5.74) is 2.42. The summed E-state index contributed by atoms with van der Waals surface area (Å²) in [5.74, 6) is 0.325. The van der Waals surface area contributed by atoms with Gasteiger partial charge in [-0.25, -0.2) is 9.48 Å². The number of ether oxygens (including phenoxy) is 1. The molecule has 0 spiro atoms. The van der Waals surface area contributed by atoms with E-state index in [1.807, 2.05) is 31.2 Å². The Labute approximate surface area is 150 Å². The highest BCUT2D eigenvalue weighted by molar-refractivity contribution is 5.90. The summed E-state index contributed by atoms with van der Waals surface area (Å²) < 4.78 is 6.09. The fourth-order valence-corrected chi connectivity index (χ4v) is 2.35. The van der Waals surface area contributed by atoms with Crippen molar-refractivity contribution in [1.82, 2.24) is 14.8 Å². The predicted octanol–water partition coefficient (Wildman–Crippen LogP) is 2.26. The van der Waals surface area contributed by atoms with Crippen molar-refractivity contribution >= 4 is 11.6 Å². The van der Waals surface area contributed by atoms with E-state index in [-0.39, 0.29) is 12.5 Å². The van der Waals surface area contributed by atoms with E-state index in [1.54, 1.807) is 31.4 Å². The first kappa shape index (κ1) is 17.3. The molecule has 1 amide bonds. The van der Waals surface area contributed by atoms with Crippen LogP contribution < -0.4 is 15.7 Å². The highest BCUT2D eigenvalue weighted by Gasteiger charge is 2.09. The lowest BCUT2D eigenvalue weighted by Crippen LogP contribution is -2.31. The molecule has 7 nitrogen and oxygen atoms in total. The first-order valence-corrected chi connectivity index (χ1v) is 8.00. The van der Waals surface area contributed by atoms with Crippen LogP contribution in [-0.4, -0.2) is 27.8 Å². The van der Waals surface area contributed by atoms with Gasteiger partial charge in [-0.3, -0.25) is 4.79 Å². The molecule has 7 heteroatoms. The van der Waals surface area contributed by atoms with E-state index < -0.39 is 5.69 Å². The van der Waals surface area contributed by atoms with Crippen molar-refractivity contribution in [3.8, 4) is 17.0 Å². The maximum atomic E-state index is 12.1. The van der Waals surface area contributed by atoms with E-state index in [4.69, 9.17) is 4.74 Å². The molecule has 1 N–H and O–H groups in total. The van der Waals surface area contributed by atoms with Crippen LogP contribution in [0.25, 0.3) is 11.3 Å². The number of rotatable bonds is 5. The van der Waals surface area contributed by atoms with E-state index in [0.717, 1.165) is 15.8 Å². The molecule has 0 unspecified atom stereocenters. The standard InChI is InChI=1S/C19H18N4O3/c1-13-3-5-14(6-4-13)17-11-20-23(19(25)22-17)12-18(24)21-15-7-9-16(26-2)10-8-15/h3-11H,12H2,1-2H3,(H,21,24). The molecule has 0 aliphatic carbocycles. The number of nitrogens with zero attached hydrogens (tertiary/aromatic N) is 3. The molecule has 132 valence electrons. The van der Waals surface area contributed by atoms with Gasteiger partial charge in [0.1, 0.15) is 12.3 Å². The first-order valence-electron chi connectivity index (χ1n) is 8.00. The maximum Gasteiger partial charge on any atom is 0.365 e. The van der Waals surface area contributed by atoms with Gasteiger partial charge in [0.15, 0.2) is 0 Å². The molecule has 0 fully saturated rings. The van der Waals surface area contributed by atoms with E-state index in [2.05, 4.69) is 15.4 Å². The Morgan fingerprint density at radius 1 is 1.12 bits per heavy atom. The third-order valence-corrected chi connectivity index (χ3v) is 3.77. The number of methoxy groups -OCH3 is 1. The van der Waals surface area contributed by atoms with Gasteiger partial charge >= 0.3 is 5.69 Å². The van der Waals surface area contributed by atoms with Gasteiger partial charge in [0.25, 0.3) is 0 Å². The second kappa shape index (κ2) is 7.60. The Morgan fingerprint density at radius 3 is 2.42 bits per heavy atom. The van der Waals surface area contributed by atoms with Crippen LogP contribution >= 0.6 is 0 Å². The van der Waals surface area contributed by atoms with Crippen molar-refractivity contribution in [2.24, 2.45) is 0 Å². The smallest absolute Gasteiger partial charge is 0.365 e. The number of carbonyl (C=O) groups is 1. The number of aromatic nitrogens is 3. The van der Waals surface area contributed by atoms with Crippen LogP contribution in [0.4, 0.5) is 5.69 Å². The van der Waals surface area contributed by atoms with Crippen LogP contribution in [0.5, 0.6) is 5.75 Å². The van der Waals surface area contributed by atoms with Crippen LogP contribution in [0.1, 0.15) is 5.56 Å². The molecule has 3 aromatic rings. The minimum absolute atomic E-state index is 0.216. The van der Waals surface area contributed by atoms with E-state index in [0.29, 0.717) is 17.1 Å². The molecule has 0 bridgehead atoms. The Bertz CT molecular complexity index is 963. The lowest BCUT2D eigenvalue weighted by molar-refractivity contribution is -0.117. The molecular formula is C19H18N4O3. The lowest BCUT2D eigenvalue weighted by atomic mass is 10.1. The summed E-state index contributed by atoms with van der Waals surface area (Å²) in [5, 5.41) is 6.75. The number of hydrogen-bond donors (Lipinski definition) is 1. The van der Waals surface area contributed by atoms with Crippen molar-refractivity contribution < 1.29 is 9.53 Å². The van der Waals surface area contributed by atoms with Crippen molar-refractivity contribution in [1.29, 1.82) is 0 Å². The second-order valence-electron chi connectivity index (χ2n) is 5.72. The second-order valence-corrected chi connectivity index (χ2v) is 5.72. The Hall–Kier alpha value is -3.48. The van der Waals surface area contributed by atoms with E-state index in [1.165, 1.54) is 6.20 Å². The minimum atomic E-state index is -0.576. The minimum Gasteiger partial charge on any atom is -0.497 e. The third kappa shape index (κ3) is 4.13. The van der Waals surface area contributed by atoms with Gasteiger partial charge in [-0.1, -0.05) is 29.8 Å². The molecule has 0 radical (unpaired) electrons. The first-order chi connectivity index (χ1) is 12.5. The number of hydrogen-bond acceptors (Lipinski definition) is 5. The average Bonchev–Trinajstić information content (AvgIpc) is 2.64. The number of carbonyl (C=O) groups excluding carboxylic acids is 1. The topological polar surface area (TPSA) is 86.1 Å². The van der Waals surface area contributed by atoms with Crippen molar-refractivity contribution in [2.75, 3.05) is 12.4 Å². The summed E-state index contributed by atoms with van der Waals surface area (Å²) in [6, 6.07) is 14.5. The van der Waals surface area contributed by atoms with Gasteiger partial charge in [0, 0.05) is 11.3 Å². The van der Waals surface area contributed by atoms with Gasteiger partial charge < -0.3 is 10.1 Å². The van der Waals surface area contributed by atoms with Crippen LogP contribution in [0, 0.1) is 6.92 Å². The monoisotopic (exact) mass is 350 g/mol. The zero-order chi connectivity index (χ0) is 18.5. The fraction of sp³-hybridized carbons (Fsp3) is 0.158. The fourth-order valence-electron chi connectivity index (χ4n) is 2.35. The summed E-state index contributed by atoms with van der Waals surface area (Å²) in [4.78, 5) is 28.3. The quantitative estimate of drug-likeness (QED) is 0.763. The van der Waals surface area contributed by atoms with E-state index in [9.17, 15) is 9.59 Å². The zero-order valence-corrected chi connectivity index (χ0v) is 14.5. The van der Waals surface area contributed by atoms with Gasteiger partial charge in [-0.2, -0.15) is 10.1 Å². The lowest BCUT2D eigenvalue weighted by Gasteiger charge is -2.08. The number of aryl methyl sites for hydroxylation is 1.